The van der Waals surface area contributed by atoms with Gasteiger partial charge in [-0.2, -0.15) is 15.2 Å². The fourth-order valence-corrected chi connectivity index (χ4v) is 8.85. The first-order valence-corrected chi connectivity index (χ1v) is 16.9. The predicted molar refractivity (Wildman–Crippen MR) is 175 cm³/mol. The average Bonchev–Trinajstić information content (AvgIpc) is 3.76. The van der Waals surface area contributed by atoms with Gasteiger partial charge >= 0.3 is 12.0 Å². The SMILES string of the molecule is CN1CCCC1C1CCNC(=O)N2CCC(C2)N2CCOc3c(Cl)c(-c4ccc(F)c5sc(N)c(C#N)c45)c(F)c4nc(nc2c34)O1. The zero-order valence-electron chi connectivity index (χ0n) is 25.5. The number of nitrogen functional groups attached to an aromatic ring is 1. The molecule has 3 atom stereocenters. The van der Waals surface area contributed by atoms with Crippen LogP contribution >= 0.6 is 22.9 Å². The van der Waals surface area contributed by atoms with Crippen LogP contribution in [0.2, 0.25) is 5.02 Å². The number of anilines is 2. The molecule has 47 heavy (non-hydrogen) atoms. The summed E-state index contributed by atoms with van der Waals surface area (Å²) in [7, 11) is 2.04. The smallest absolute Gasteiger partial charge is 0.319 e. The van der Waals surface area contributed by atoms with Gasteiger partial charge in [0.05, 0.1) is 27.2 Å². The molecule has 0 spiro atoms. The third kappa shape index (κ3) is 4.77. The van der Waals surface area contributed by atoms with Crippen LogP contribution < -0.4 is 25.4 Å². The highest BCUT2D eigenvalue weighted by Crippen LogP contribution is 2.51. The van der Waals surface area contributed by atoms with E-state index in [-0.39, 0.29) is 90.3 Å². The van der Waals surface area contributed by atoms with Crippen LogP contribution in [0.1, 0.15) is 31.2 Å². The number of ether oxygens (including phenoxy) is 2. The van der Waals surface area contributed by atoms with E-state index in [1.807, 2.05) is 18.0 Å². The number of nitrogens with two attached hydrogens (primary N) is 1. The zero-order valence-corrected chi connectivity index (χ0v) is 27.1. The van der Waals surface area contributed by atoms with Crippen LogP contribution in [-0.2, 0) is 0 Å². The quantitative estimate of drug-likeness (QED) is 0.296. The fourth-order valence-electron chi connectivity index (χ4n) is 7.57. The molecule has 4 aromatic rings. The number of nitrogens with one attached hydrogen (secondary N) is 1. The first kappa shape index (κ1) is 30.2. The summed E-state index contributed by atoms with van der Waals surface area (Å²) in [5.41, 5.74) is 6.20. The zero-order chi connectivity index (χ0) is 32.6. The third-order valence-corrected chi connectivity index (χ3v) is 11.2. The molecule has 2 amide bonds. The number of nitrogens with zero attached hydrogens (tertiary/aromatic N) is 6. The highest BCUT2D eigenvalue weighted by atomic mass is 35.5. The minimum atomic E-state index is -0.780. The number of hydrogen-bond acceptors (Lipinski definition) is 10. The molecule has 0 radical (unpaired) electrons. The maximum absolute atomic E-state index is 17.2. The van der Waals surface area contributed by atoms with E-state index in [0.29, 0.717) is 44.8 Å². The van der Waals surface area contributed by atoms with Crippen LogP contribution in [0.15, 0.2) is 12.1 Å². The summed E-state index contributed by atoms with van der Waals surface area (Å²) in [4.78, 5) is 28.8. The Morgan fingerprint density at radius 3 is 2.81 bits per heavy atom. The van der Waals surface area contributed by atoms with Crippen LogP contribution in [0.5, 0.6) is 11.8 Å². The van der Waals surface area contributed by atoms with Gasteiger partial charge in [-0.25, -0.2) is 13.6 Å². The molecule has 4 aliphatic rings. The predicted octanol–water partition coefficient (Wildman–Crippen LogP) is 5.12. The van der Waals surface area contributed by atoms with Crippen LogP contribution in [0.25, 0.3) is 32.1 Å². The average molecular weight is 681 g/mol. The number of amides is 2. The van der Waals surface area contributed by atoms with Crippen molar-refractivity contribution in [2.45, 2.75) is 43.9 Å². The van der Waals surface area contributed by atoms with E-state index in [0.717, 1.165) is 30.7 Å². The van der Waals surface area contributed by atoms with Gasteiger partial charge < -0.3 is 30.3 Å². The molecule has 3 N–H and O–H groups in total. The number of carbonyl (C=O) groups is 1. The molecule has 2 aromatic carbocycles. The summed E-state index contributed by atoms with van der Waals surface area (Å²) in [6, 6.07) is 4.45. The monoisotopic (exact) mass is 680 g/mol. The number of nitriles is 1. The topological polar surface area (TPSA) is 133 Å². The Hall–Kier alpha value is -4.19. The van der Waals surface area contributed by atoms with Crippen molar-refractivity contribution in [3.05, 3.63) is 34.4 Å². The van der Waals surface area contributed by atoms with Crippen LogP contribution in [-0.4, -0.2) is 90.4 Å². The van der Waals surface area contributed by atoms with Crippen molar-refractivity contribution < 1.29 is 23.0 Å². The van der Waals surface area contributed by atoms with Gasteiger partial charge in [-0.3, -0.25) is 4.90 Å². The van der Waals surface area contributed by atoms with Crippen molar-refractivity contribution in [2.24, 2.45) is 0 Å². The number of fused-ring (bicyclic) bond motifs is 5. The molecule has 4 aliphatic heterocycles. The van der Waals surface area contributed by atoms with E-state index in [1.165, 1.54) is 12.1 Å². The van der Waals surface area contributed by atoms with Gasteiger partial charge in [0, 0.05) is 49.1 Å². The van der Waals surface area contributed by atoms with Crippen molar-refractivity contribution in [3.63, 3.8) is 0 Å². The summed E-state index contributed by atoms with van der Waals surface area (Å²) in [6.07, 6.45) is 2.70. The van der Waals surface area contributed by atoms with E-state index in [2.05, 4.69) is 15.2 Å². The van der Waals surface area contributed by atoms with Gasteiger partial charge in [-0.15, -0.1) is 11.3 Å². The van der Waals surface area contributed by atoms with E-state index >= 15 is 4.39 Å². The number of halogens is 3. The Balaban J connectivity index is 1.39. The van der Waals surface area contributed by atoms with Crippen molar-refractivity contribution in [3.8, 4) is 29.0 Å². The van der Waals surface area contributed by atoms with Crippen molar-refractivity contribution in [1.82, 2.24) is 25.1 Å². The van der Waals surface area contributed by atoms with Gasteiger partial charge in [0.25, 0.3) is 0 Å². The number of urea groups is 1. The van der Waals surface area contributed by atoms with Crippen LogP contribution in [0, 0.1) is 23.0 Å². The molecule has 8 rings (SSSR count). The molecule has 2 aromatic heterocycles. The second-order valence-electron chi connectivity index (χ2n) is 12.4. The lowest BCUT2D eigenvalue weighted by Gasteiger charge is -2.30. The van der Waals surface area contributed by atoms with Gasteiger partial charge in [-0.1, -0.05) is 17.7 Å². The number of benzene rings is 2. The van der Waals surface area contributed by atoms with Crippen molar-refractivity contribution in [2.75, 3.05) is 57.0 Å². The molecular formula is C32H31ClF2N8O3S. The number of thiophene rings is 1. The Morgan fingerprint density at radius 1 is 1.17 bits per heavy atom. The molecule has 6 heterocycles. The lowest BCUT2D eigenvalue weighted by Crippen LogP contribution is -2.45. The molecule has 4 bridgehead atoms. The third-order valence-electron chi connectivity index (χ3n) is 9.85. The Bertz CT molecular complexity index is 2000. The lowest BCUT2D eigenvalue weighted by atomic mass is 9.96. The lowest BCUT2D eigenvalue weighted by molar-refractivity contribution is 0.0909. The number of rotatable bonds is 2. The van der Waals surface area contributed by atoms with E-state index in [4.69, 9.17) is 31.8 Å². The van der Waals surface area contributed by atoms with Gasteiger partial charge in [-0.05, 0) is 44.5 Å². The number of likely N-dealkylation sites (N-methyl/N-ethyl adjacent to an activating group) is 1. The van der Waals surface area contributed by atoms with Gasteiger partial charge in [0.15, 0.2) is 11.6 Å². The molecule has 0 aliphatic carbocycles. The molecule has 3 unspecified atom stereocenters. The first-order valence-electron chi connectivity index (χ1n) is 15.7. The van der Waals surface area contributed by atoms with Crippen LogP contribution in [0.3, 0.4) is 0 Å². The minimum Gasteiger partial charge on any atom is -0.489 e. The van der Waals surface area contributed by atoms with E-state index in [1.54, 1.807) is 4.90 Å². The Kier molecular flexibility index (Phi) is 7.38. The summed E-state index contributed by atoms with van der Waals surface area (Å²) in [5.74, 6) is -0.761. The second kappa shape index (κ2) is 11.5. The molecular weight excluding hydrogens is 650 g/mol. The number of hydrogen-bond donors (Lipinski definition) is 2. The van der Waals surface area contributed by atoms with Crippen LogP contribution in [0.4, 0.5) is 24.4 Å². The second-order valence-corrected chi connectivity index (χ2v) is 13.9. The largest absolute Gasteiger partial charge is 0.489 e. The Morgan fingerprint density at radius 2 is 2.02 bits per heavy atom. The fraction of sp³-hybridized carbons (Fsp3) is 0.438. The maximum Gasteiger partial charge on any atom is 0.319 e. The molecule has 15 heteroatoms. The Labute approximate surface area is 277 Å². The highest BCUT2D eigenvalue weighted by molar-refractivity contribution is 7.23. The number of carbonyl (C=O) groups excluding carboxylic acids is 1. The van der Waals surface area contributed by atoms with Crippen molar-refractivity contribution >= 4 is 60.8 Å². The van der Waals surface area contributed by atoms with E-state index in [9.17, 15) is 14.4 Å². The van der Waals surface area contributed by atoms with E-state index < -0.39 is 11.6 Å². The highest BCUT2D eigenvalue weighted by Gasteiger charge is 2.38. The summed E-state index contributed by atoms with van der Waals surface area (Å²) < 4.78 is 45.1. The molecule has 0 saturated carbocycles. The van der Waals surface area contributed by atoms with Gasteiger partial charge in [0.1, 0.15) is 40.9 Å². The molecule has 2 fully saturated rings. The summed E-state index contributed by atoms with van der Waals surface area (Å²) in [5, 5.41) is 13.5. The molecule has 2 saturated heterocycles. The van der Waals surface area contributed by atoms with Gasteiger partial charge in [0.2, 0.25) is 0 Å². The standard InChI is InChI=1S/C32H31ClF2N8O3S/c1-41-9-2-3-19(41)20-6-8-38-32(44)42-10-7-15(14-42)43-11-12-45-27-23-26(39-31(46-20)40-30(23)43)25(35)22(24(27)33)16-4-5-18(34)28-21(16)17(13-36)29(37)47-28/h4-5,15,19-20H,2-3,6-12,14,37H2,1H3,(H,38,44). The minimum absolute atomic E-state index is 0.00462. The maximum atomic E-state index is 17.2. The molecule has 244 valence electrons. The van der Waals surface area contributed by atoms with Crippen molar-refractivity contribution in [1.29, 1.82) is 5.26 Å². The summed E-state index contributed by atoms with van der Waals surface area (Å²) >= 11 is 7.96. The first-order chi connectivity index (χ1) is 22.7. The number of aromatic nitrogens is 2. The molecule has 11 nitrogen and oxygen atoms in total. The normalized spacial score (nSPS) is 23.1. The summed E-state index contributed by atoms with van der Waals surface area (Å²) in [6.45, 7) is 2.91. The number of likely N-dealkylation sites (tertiary alicyclic amines) is 1.